The highest BCUT2D eigenvalue weighted by Crippen LogP contribution is 2.19. The average molecular weight is 368 g/mol. The topological polar surface area (TPSA) is 61.9 Å². The van der Waals surface area contributed by atoms with Crippen LogP contribution in [0, 0.1) is 5.92 Å². The summed E-state index contributed by atoms with van der Waals surface area (Å²) < 4.78 is 5.43. The molecule has 2 rings (SSSR count). The zero-order chi connectivity index (χ0) is 19.2. The lowest BCUT2D eigenvalue weighted by Crippen LogP contribution is -2.47. The molecule has 26 heavy (non-hydrogen) atoms. The van der Waals surface area contributed by atoms with E-state index in [0.29, 0.717) is 25.0 Å². The SMILES string of the molecule is CN(CC1CCCN(CC(=O)NC2CCCCC2)C1)C(=O)OC(C)(C)C. The molecule has 2 fully saturated rings. The first-order valence-corrected chi connectivity index (χ1v) is 10.2. The van der Waals surface area contributed by atoms with Crippen LogP contribution in [0.1, 0.15) is 65.7 Å². The van der Waals surface area contributed by atoms with Crippen molar-refractivity contribution in [3.8, 4) is 0 Å². The molecule has 1 aliphatic heterocycles. The number of nitrogens with zero attached hydrogens (tertiary/aromatic N) is 2. The number of carbonyl (C=O) groups is 2. The fraction of sp³-hybridized carbons (Fsp3) is 0.900. The van der Waals surface area contributed by atoms with E-state index in [1.165, 1.54) is 19.3 Å². The first-order chi connectivity index (χ1) is 12.2. The van der Waals surface area contributed by atoms with Crippen LogP contribution in [0.15, 0.2) is 0 Å². The number of hydrogen-bond acceptors (Lipinski definition) is 4. The van der Waals surface area contributed by atoms with Crippen molar-refractivity contribution in [3.05, 3.63) is 0 Å². The third kappa shape index (κ3) is 7.52. The zero-order valence-corrected chi connectivity index (χ0v) is 17.1. The number of piperidine rings is 1. The third-order valence-corrected chi connectivity index (χ3v) is 5.18. The van der Waals surface area contributed by atoms with Crippen molar-refractivity contribution in [1.82, 2.24) is 15.1 Å². The minimum atomic E-state index is -0.471. The minimum Gasteiger partial charge on any atom is -0.444 e. The van der Waals surface area contributed by atoms with Gasteiger partial charge in [0.15, 0.2) is 0 Å². The number of likely N-dealkylation sites (tertiary alicyclic amines) is 1. The Kier molecular flexibility index (Phi) is 7.74. The number of nitrogens with one attached hydrogen (secondary N) is 1. The summed E-state index contributed by atoms with van der Waals surface area (Å²) in [5.41, 5.74) is -0.471. The Bertz CT molecular complexity index is 469. The molecule has 2 aliphatic rings. The smallest absolute Gasteiger partial charge is 0.410 e. The summed E-state index contributed by atoms with van der Waals surface area (Å²) >= 11 is 0. The van der Waals surface area contributed by atoms with E-state index in [9.17, 15) is 9.59 Å². The fourth-order valence-corrected chi connectivity index (χ4v) is 3.97. The maximum atomic E-state index is 12.3. The van der Waals surface area contributed by atoms with Gasteiger partial charge in [0.05, 0.1) is 6.54 Å². The van der Waals surface area contributed by atoms with E-state index in [1.807, 2.05) is 20.8 Å². The first kappa shape index (κ1) is 21.0. The fourth-order valence-electron chi connectivity index (χ4n) is 3.97. The van der Waals surface area contributed by atoms with Crippen LogP contribution in [0.2, 0.25) is 0 Å². The van der Waals surface area contributed by atoms with Crippen LogP contribution >= 0.6 is 0 Å². The van der Waals surface area contributed by atoms with Crippen molar-refractivity contribution in [3.63, 3.8) is 0 Å². The van der Waals surface area contributed by atoms with Crippen LogP contribution in [-0.4, -0.2) is 66.7 Å². The lowest BCUT2D eigenvalue weighted by molar-refractivity contribution is -0.123. The van der Waals surface area contributed by atoms with Gasteiger partial charge in [0.2, 0.25) is 5.91 Å². The summed E-state index contributed by atoms with van der Waals surface area (Å²) in [6.45, 7) is 8.62. The van der Waals surface area contributed by atoms with Gasteiger partial charge < -0.3 is 15.0 Å². The van der Waals surface area contributed by atoms with Crippen LogP contribution in [0.4, 0.5) is 4.79 Å². The van der Waals surface area contributed by atoms with Gasteiger partial charge in [-0.3, -0.25) is 9.69 Å². The van der Waals surface area contributed by atoms with Crippen LogP contribution in [0.3, 0.4) is 0 Å². The molecule has 1 saturated carbocycles. The summed E-state index contributed by atoms with van der Waals surface area (Å²) in [5, 5.41) is 3.20. The Hall–Kier alpha value is -1.30. The second-order valence-electron chi connectivity index (χ2n) is 9.01. The molecule has 1 atom stereocenters. The van der Waals surface area contributed by atoms with E-state index in [4.69, 9.17) is 4.74 Å². The molecule has 6 heteroatoms. The molecule has 1 unspecified atom stereocenters. The molecule has 2 amide bonds. The van der Waals surface area contributed by atoms with Crippen LogP contribution in [0.25, 0.3) is 0 Å². The molecule has 0 aromatic carbocycles. The second kappa shape index (κ2) is 9.58. The van der Waals surface area contributed by atoms with Crippen LogP contribution in [0.5, 0.6) is 0 Å². The van der Waals surface area contributed by atoms with Gasteiger partial charge in [-0.2, -0.15) is 0 Å². The van der Waals surface area contributed by atoms with Crippen molar-refractivity contribution in [2.75, 3.05) is 33.2 Å². The molecule has 1 heterocycles. The summed E-state index contributed by atoms with van der Waals surface area (Å²) in [7, 11) is 1.79. The Morgan fingerprint density at radius 2 is 1.81 bits per heavy atom. The van der Waals surface area contributed by atoms with Crippen molar-refractivity contribution >= 4 is 12.0 Å². The van der Waals surface area contributed by atoms with Gasteiger partial charge in [-0.05, 0) is 58.9 Å². The van der Waals surface area contributed by atoms with Crippen molar-refractivity contribution in [2.45, 2.75) is 77.4 Å². The van der Waals surface area contributed by atoms with Gasteiger partial charge in [0.25, 0.3) is 0 Å². The van der Waals surface area contributed by atoms with Gasteiger partial charge in [-0.15, -0.1) is 0 Å². The lowest BCUT2D eigenvalue weighted by atomic mass is 9.95. The molecule has 150 valence electrons. The number of hydrogen-bond donors (Lipinski definition) is 1. The highest BCUT2D eigenvalue weighted by atomic mass is 16.6. The third-order valence-electron chi connectivity index (χ3n) is 5.18. The van der Waals surface area contributed by atoms with E-state index in [0.717, 1.165) is 38.8 Å². The lowest BCUT2D eigenvalue weighted by Gasteiger charge is -2.35. The molecule has 0 radical (unpaired) electrons. The minimum absolute atomic E-state index is 0.151. The van der Waals surface area contributed by atoms with Gasteiger partial charge in [-0.25, -0.2) is 4.79 Å². The van der Waals surface area contributed by atoms with E-state index < -0.39 is 5.60 Å². The number of amides is 2. The molecular weight excluding hydrogens is 330 g/mol. The highest BCUT2D eigenvalue weighted by Gasteiger charge is 2.26. The predicted molar refractivity (Wildman–Crippen MR) is 103 cm³/mol. The Labute approximate surface area is 158 Å². The van der Waals surface area contributed by atoms with E-state index in [-0.39, 0.29) is 12.0 Å². The van der Waals surface area contributed by atoms with E-state index in [2.05, 4.69) is 10.2 Å². The molecule has 1 saturated heterocycles. The number of carbonyl (C=O) groups excluding carboxylic acids is 2. The quantitative estimate of drug-likeness (QED) is 0.811. The molecule has 0 aromatic heterocycles. The number of rotatable bonds is 5. The Morgan fingerprint density at radius 1 is 1.12 bits per heavy atom. The van der Waals surface area contributed by atoms with Gasteiger partial charge in [0.1, 0.15) is 5.60 Å². The predicted octanol–water partition coefficient (Wildman–Crippen LogP) is 3.01. The van der Waals surface area contributed by atoms with Crippen molar-refractivity contribution < 1.29 is 14.3 Å². The van der Waals surface area contributed by atoms with Crippen molar-refractivity contribution in [1.29, 1.82) is 0 Å². The zero-order valence-electron chi connectivity index (χ0n) is 17.1. The standard InChI is InChI=1S/C20H37N3O3/c1-20(2,3)26-19(25)22(4)13-16-9-8-12-23(14-16)15-18(24)21-17-10-6-5-7-11-17/h16-17H,5-15H2,1-4H3,(H,21,24). The molecule has 0 bridgehead atoms. The van der Waals surface area contributed by atoms with Gasteiger partial charge in [0, 0.05) is 26.2 Å². The van der Waals surface area contributed by atoms with Gasteiger partial charge >= 0.3 is 6.09 Å². The Morgan fingerprint density at radius 3 is 2.46 bits per heavy atom. The monoisotopic (exact) mass is 367 g/mol. The molecule has 6 nitrogen and oxygen atoms in total. The van der Waals surface area contributed by atoms with Crippen LogP contribution < -0.4 is 5.32 Å². The molecule has 0 aromatic rings. The molecule has 1 aliphatic carbocycles. The average Bonchev–Trinajstić information content (AvgIpc) is 2.54. The normalized spacial score (nSPS) is 22.7. The van der Waals surface area contributed by atoms with Crippen LogP contribution in [-0.2, 0) is 9.53 Å². The summed E-state index contributed by atoms with van der Waals surface area (Å²) in [6.07, 6.45) is 7.89. The largest absolute Gasteiger partial charge is 0.444 e. The molecular formula is C20H37N3O3. The maximum Gasteiger partial charge on any atom is 0.410 e. The Balaban J connectivity index is 1.73. The highest BCUT2D eigenvalue weighted by molar-refractivity contribution is 5.78. The maximum absolute atomic E-state index is 12.3. The van der Waals surface area contributed by atoms with E-state index in [1.54, 1.807) is 11.9 Å². The first-order valence-electron chi connectivity index (χ1n) is 10.2. The molecule has 1 N–H and O–H groups in total. The molecule has 0 spiro atoms. The summed E-state index contributed by atoms with van der Waals surface area (Å²) in [5.74, 6) is 0.543. The summed E-state index contributed by atoms with van der Waals surface area (Å²) in [6, 6.07) is 0.370. The number of ether oxygens (including phenoxy) is 1. The second-order valence-corrected chi connectivity index (χ2v) is 9.01. The van der Waals surface area contributed by atoms with Crippen molar-refractivity contribution in [2.24, 2.45) is 5.92 Å². The van der Waals surface area contributed by atoms with E-state index >= 15 is 0 Å². The van der Waals surface area contributed by atoms with Gasteiger partial charge in [-0.1, -0.05) is 19.3 Å². The summed E-state index contributed by atoms with van der Waals surface area (Å²) in [4.78, 5) is 28.4.